The second kappa shape index (κ2) is 11.3. The van der Waals surface area contributed by atoms with E-state index in [0.717, 1.165) is 0 Å². The first-order chi connectivity index (χ1) is 15.8. The summed E-state index contributed by atoms with van der Waals surface area (Å²) in [5.41, 5.74) is -1.53. The van der Waals surface area contributed by atoms with Crippen LogP contribution in [-0.4, -0.2) is 62.3 Å². The molecule has 1 aromatic carbocycles. The van der Waals surface area contributed by atoms with Crippen LogP contribution < -0.4 is 10.6 Å². The van der Waals surface area contributed by atoms with Crippen LogP contribution in [0, 0.1) is 6.92 Å². The largest absolute Gasteiger partial charge is 0.507 e. The minimum Gasteiger partial charge on any atom is -0.507 e. The lowest BCUT2D eigenvalue weighted by Gasteiger charge is -2.45. The SMILES string of the molecule is CCC(C)(C)N(C(=O)C(CO)NC(=O)OC(C)(C)C)C(C(=O)NC(C)(C)C)c1cccc(C)c1O. The fourth-order valence-electron chi connectivity index (χ4n) is 3.49. The van der Waals surface area contributed by atoms with E-state index in [4.69, 9.17) is 4.74 Å². The molecule has 35 heavy (non-hydrogen) atoms. The maximum atomic E-state index is 13.9. The molecule has 0 spiro atoms. The number of hydrogen-bond acceptors (Lipinski definition) is 6. The molecule has 0 aromatic heterocycles. The molecule has 9 heteroatoms. The molecule has 2 atom stereocenters. The number of carbonyl (C=O) groups excluding carboxylic acids is 3. The molecule has 0 saturated carbocycles. The van der Waals surface area contributed by atoms with Gasteiger partial charge in [-0.05, 0) is 74.3 Å². The number of hydrogen-bond donors (Lipinski definition) is 4. The third-order valence-electron chi connectivity index (χ3n) is 5.49. The molecule has 0 saturated heterocycles. The van der Waals surface area contributed by atoms with Crippen molar-refractivity contribution in [3.63, 3.8) is 0 Å². The number of amides is 3. The van der Waals surface area contributed by atoms with Crippen LogP contribution in [0.1, 0.15) is 85.9 Å². The molecule has 9 nitrogen and oxygen atoms in total. The molecule has 0 aliphatic rings. The van der Waals surface area contributed by atoms with Crippen LogP contribution in [0.15, 0.2) is 18.2 Å². The van der Waals surface area contributed by atoms with E-state index in [2.05, 4.69) is 10.6 Å². The Morgan fingerprint density at radius 3 is 2.09 bits per heavy atom. The number of aryl methyl sites for hydroxylation is 1. The number of nitrogens with zero attached hydrogens (tertiary/aromatic N) is 1. The van der Waals surface area contributed by atoms with Crippen LogP contribution in [-0.2, 0) is 14.3 Å². The molecule has 2 unspecified atom stereocenters. The minimum atomic E-state index is -1.37. The lowest BCUT2D eigenvalue weighted by molar-refractivity contribution is -0.150. The standard InChI is InChI=1S/C26H43N3O6/c1-11-26(9,10)29(22(33)18(15-30)27-23(34)35-25(6,7)8)19(21(32)28-24(3,4)5)17-14-12-13-16(2)20(17)31/h12-14,18-19,30-31H,11,15H2,1-10H3,(H,27,34)(H,28,32). The van der Waals surface area contributed by atoms with Gasteiger partial charge in [-0.25, -0.2) is 4.79 Å². The first-order valence-electron chi connectivity index (χ1n) is 11.9. The van der Waals surface area contributed by atoms with Crippen LogP contribution in [0.5, 0.6) is 5.75 Å². The van der Waals surface area contributed by atoms with Crippen molar-refractivity contribution in [2.75, 3.05) is 6.61 Å². The van der Waals surface area contributed by atoms with Crippen molar-refractivity contribution in [1.82, 2.24) is 15.5 Å². The maximum Gasteiger partial charge on any atom is 0.408 e. The van der Waals surface area contributed by atoms with E-state index in [1.165, 1.54) is 4.90 Å². The van der Waals surface area contributed by atoms with E-state index < -0.39 is 53.3 Å². The summed E-state index contributed by atoms with van der Waals surface area (Å²) in [6.45, 7) is 16.9. The van der Waals surface area contributed by atoms with Gasteiger partial charge in [0.15, 0.2) is 0 Å². The van der Waals surface area contributed by atoms with Gasteiger partial charge in [0.25, 0.3) is 0 Å². The second-order valence-corrected chi connectivity index (χ2v) is 11.4. The summed E-state index contributed by atoms with van der Waals surface area (Å²) in [6.07, 6.45) is -0.414. The zero-order valence-corrected chi connectivity index (χ0v) is 22.8. The topological polar surface area (TPSA) is 128 Å². The molecule has 0 aliphatic carbocycles. The summed E-state index contributed by atoms with van der Waals surface area (Å²) in [5, 5.41) is 26.3. The summed E-state index contributed by atoms with van der Waals surface area (Å²) >= 11 is 0. The molecule has 0 heterocycles. The minimum absolute atomic E-state index is 0.105. The lowest BCUT2D eigenvalue weighted by atomic mass is 9.90. The highest BCUT2D eigenvalue weighted by molar-refractivity contribution is 5.93. The number of benzene rings is 1. The average Bonchev–Trinajstić information content (AvgIpc) is 2.69. The van der Waals surface area contributed by atoms with Crippen molar-refractivity contribution in [2.24, 2.45) is 0 Å². The summed E-state index contributed by atoms with van der Waals surface area (Å²) in [6, 6.07) is 2.40. The summed E-state index contributed by atoms with van der Waals surface area (Å²) in [4.78, 5) is 41.3. The molecule has 4 N–H and O–H groups in total. The number of carbonyl (C=O) groups is 3. The van der Waals surface area contributed by atoms with Crippen molar-refractivity contribution >= 4 is 17.9 Å². The Labute approximate surface area is 209 Å². The Bertz CT molecular complexity index is 915. The first-order valence-corrected chi connectivity index (χ1v) is 11.9. The fourth-order valence-corrected chi connectivity index (χ4v) is 3.49. The van der Waals surface area contributed by atoms with Gasteiger partial charge < -0.3 is 30.5 Å². The lowest BCUT2D eigenvalue weighted by Crippen LogP contribution is -2.61. The van der Waals surface area contributed by atoms with E-state index in [1.807, 2.05) is 27.7 Å². The number of alkyl carbamates (subject to hydrolysis) is 1. The third-order valence-corrected chi connectivity index (χ3v) is 5.49. The van der Waals surface area contributed by atoms with Gasteiger partial charge in [0.05, 0.1) is 6.61 Å². The Balaban J connectivity index is 3.67. The predicted octanol–water partition coefficient (Wildman–Crippen LogP) is 3.56. The number of phenolic OH excluding ortho intramolecular Hbond substituents is 1. The smallest absolute Gasteiger partial charge is 0.408 e. The number of rotatable bonds is 8. The fraction of sp³-hybridized carbons (Fsp3) is 0.654. The molecule has 0 radical (unpaired) electrons. The quantitative estimate of drug-likeness (QED) is 0.438. The van der Waals surface area contributed by atoms with E-state index in [9.17, 15) is 24.6 Å². The second-order valence-electron chi connectivity index (χ2n) is 11.4. The molecular formula is C26H43N3O6. The number of ether oxygens (including phenoxy) is 1. The van der Waals surface area contributed by atoms with E-state index in [0.29, 0.717) is 12.0 Å². The van der Waals surface area contributed by atoms with Crippen molar-refractivity contribution < 1.29 is 29.3 Å². The van der Waals surface area contributed by atoms with Gasteiger partial charge in [-0.3, -0.25) is 9.59 Å². The Morgan fingerprint density at radius 2 is 1.63 bits per heavy atom. The molecule has 0 fully saturated rings. The number of phenols is 1. The molecule has 0 aliphatic heterocycles. The molecule has 1 rings (SSSR count). The molecule has 3 amide bonds. The number of aromatic hydroxyl groups is 1. The van der Waals surface area contributed by atoms with Crippen LogP contribution in [0.25, 0.3) is 0 Å². The van der Waals surface area contributed by atoms with Gasteiger partial charge in [0.2, 0.25) is 11.8 Å². The van der Waals surface area contributed by atoms with Crippen LogP contribution in [0.3, 0.4) is 0 Å². The van der Waals surface area contributed by atoms with Gasteiger partial charge in [0.1, 0.15) is 23.4 Å². The van der Waals surface area contributed by atoms with Crippen molar-refractivity contribution in [2.45, 2.75) is 104 Å². The number of para-hydroxylation sites is 1. The predicted molar refractivity (Wildman–Crippen MR) is 135 cm³/mol. The Hall–Kier alpha value is -2.81. The van der Waals surface area contributed by atoms with Gasteiger partial charge in [0, 0.05) is 16.6 Å². The normalized spacial score (nSPS) is 14.0. The van der Waals surface area contributed by atoms with E-state index in [1.54, 1.807) is 59.7 Å². The summed E-state index contributed by atoms with van der Waals surface area (Å²) in [5.74, 6) is -1.28. The Kier molecular flexibility index (Phi) is 9.74. The van der Waals surface area contributed by atoms with Crippen LogP contribution in [0.2, 0.25) is 0 Å². The van der Waals surface area contributed by atoms with Gasteiger partial charge in [-0.1, -0.05) is 25.1 Å². The van der Waals surface area contributed by atoms with Crippen LogP contribution >= 0.6 is 0 Å². The zero-order valence-electron chi connectivity index (χ0n) is 22.8. The number of aliphatic hydroxyl groups excluding tert-OH is 1. The average molecular weight is 494 g/mol. The van der Waals surface area contributed by atoms with Gasteiger partial charge in [-0.15, -0.1) is 0 Å². The van der Waals surface area contributed by atoms with Crippen molar-refractivity contribution in [3.8, 4) is 5.75 Å². The van der Waals surface area contributed by atoms with Crippen molar-refractivity contribution in [1.29, 1.82) is 0 Å². The first kappa shape index (κ1) is 30.2. The highest BCUT2D eigenvalue weighted by Gasteiger charge is 2.44. The van der Waals surface area contributed by atoms with Gasteiger partial charge >= 0.3 is 6.09 Å². The zero-order chi connectivity index (χ0) is 27.4. The highest BCUT2D eigenvalue weighted by Crippen LogP contribution is 2.37. The highest BCUT2D eigenvalue weighted by atomic mass is 16.6. The van der Waals surface area contributed by atoms with Gasteiger partial charge in [-0.2, -0.15) is 0 Å². The third kappa shape index (κ3) is 8.42. The monoisotopic (exact) mass is 493 g/mol. The van der Waals surface area contributed by atoms with E-state index >= 15 is 0 Å². The molecule has 0 bridgehead atoms. The number of aliphatic hydroxyl groups is 1. The molecular weight excluding hydrogens is 450 g/mol. The van der Waals surface area contributed by atoms with Crippen LogP contribution in [0.4, 0.5) is 4.79 Å². The molecule has 198 valence electrons. The number of nitrogens with one attached hydrogen (secondary N) is 2. The maximum absolute atomic E-state index is 13.9. The molecule has 1 aromatic rings. The summed E-state index contributed by atoms with van der Waals surface area (Å²) in [7, 11) is 0. The van der Waals surface area contributed by atoms with Crippen molar-refractivity contribution in [3.05, 3.63) is 29.3 Å². The summed E-state index contributed by atoms with van der Waals surface area (Å²) < 4.78 is 5.25. The van der Waals surface area contributed by atoms with E-state index in [-0.39, 0.29) is 11.3 Å². The Morgan fingerprint density at radius 1 is 1.06 bits per heavy atom.